The fourth-order valence-electron chi connectivity index (χ4n) is 2.45. The molecule has 0 saturated carbocycles. The van der Waals surface area contributed by atoms with E-state index in [0.717, 1.165) is 5.56 Å². The Morgan fingerprint density at radius 2 is 1.89 bits per heavy atom. The molecule has 3 aromatic rings. The number of aromatic nitrogens is 2. The monoisotopic (exact) mass is 410 g/mol. The minimum Gasteiger partial charge on any atom is -0.484 e. The smallest absolute Gasteiger partial charge is 0.422 e. The fraction of sp³-hybridized carbons (Fsp3) is 0.222. The van der Waals surface area contributed by atoms with Crippen molar-refractivity contribution in [3.63, 3.8) is 0 Å². The van der Waals surface area contributed by atoms with Gasteiger partial charge in [-0.3, -0.25) is 0 Å². The molecule has 4 rings (SSSR count). The van der Waals surface area contributed by atoms with Crippen molar-refractivity contribution in [3.05, 3.63) is 48.0 Å². The van der Waals surface area contributed by atoms with Crippen LogP contribution in [0.25, 0.3) is 11.5 Å². The van der Waals surface area contributed by atoms with Gasteiger partial charge in [0.25, 0.3) is 5.22 Å². The van der Waals surface area contributed by atoms with Crippen molar-refractivity contribution in [2.45, 2.75) is 17.2 Å². The molecule has 0 bridgehead atoms. The van der Waals surface area contributed by atoms with Crippen LogP contribution in [-0.4, -0.2) is 29.8 Å². The van der Waals surface area contributed by atoms with Crippen molar-refractivity contribution in [2.75, 3.05) is 13.4 Å². The molecule has 0 unspecified atom stereocenters. The van der Waals surface area contributed by atoms with Gasteiger partial charge < -0.3 is 18.6 Å². The first kappa shape index (κ1) is 18.5. The van der Waals surface area contributed by atoms with Crippen molar-refractivity contribution >= 4 is 11.8 Å². The van der Waals surface area contributed by atoms with Gasteiger partial charge in [-0.1, -0.05) is 23.9 Å². The lowest BCUT2D eigenvalue weighted by Gasteiger charge is -2.09. The molecular weight excluding hydrogens is 397 g/mol. The Kier molecular flexibility index (Phi) is 5.03. The first-order valence-corrected chi connectivity index (χ1v) is 9.10. The van der Waals surface area contributed by atoms with Crippen molar-refractivity contribution < 1.29 is 31.8 Å². The van der Waals surface area contributed by atoms with Crippen molar-refractivity contribution in [2.24, 2.45) is 0 Å². The van der Waals surface area contributed by atoms with E-state index >= 15 is 0 Å². The zero-order valence-corrected chi connectivity index (χ0v) is 15.0. The maximum atomic E-state index is 12.3. The molecule has 0 amide bonds. The largest absolute Gasteiger partial charge is 0.484 e. The molecular formula is C18H13F3N2O4S. The molecule has 0 spiro atoms. The SMILES string of the molecule is FC(F)(F)COc1cccc(CSc2nnc(-c3ccc4c(c3)OCO4)o2)c1. The van der Waals surface area contributed by atoms with Gasteiger partial charge in [0.05, 0.1) is 0 Å². The third-order valence-corrected chi connectivity index (χ3v) is 4.58. The highest BCUT2D eigenvalue weighted by Gasteiger charge is 2.28. The summed E-state index contributed by atoms with van der Waals surface area (Å²) in [4.78, 5) is 0. The van der Waals surface area contributed by atoms with Gasteiger partial charge in [-0.2, -0.15) is 13.2 Å². The van der Waals surface area contributed by atoms with Crippen molar-refractivity contribution in [1.29, 1.82) is 0 Å². The van der Waals surface area contributed by atoms with Crippen LogP contribution in [0.15, 0.2) is 52.1 Å². The van der Waals surface area contributed by atoms with Crippen LogP contribution in [0.1, 0.15) is 5.56 Å². The Balaban J connectivity index is 1.38. The average molecular weight is 410 g/mol. The summed E-state index contributed by atoms with van der Waals surface area (Å²) in [5.41, 5.74) is 1.47. The molecule has 0 saturated heterocycles. The van der Waals surface area contributed by atoms with Crippen LogP contribution in [0.4, 0.5) is 13.2 Å². The molecule has 146 valence electrons. The molecule has 6 nitrogen and oxygen atoms in total. The van der Waals surface area contributed by atoms with Gasteiger partial charge in [-0.25, -0.2) is 0 Å². The summed E-state index contributed by atoms with van der Waals surface area (Å²) in [6.07, 6.45) is -4.38. The van der Waals surface area contributed by atoms with Gasteiger partial charge in [0, 0.05) is 11.3 Å². The molecule has 1 aliphatic heterocycles. The summed E-state index contributed by atoms with van der Waals surface area (Å²) in [6, 6.07) is 11.7. The third-order valence-electron chi connectivity index (χ3n) is 3.69. The third kappa shape index (κ3) is 4.50. The number of fused-ring (bicyclic) bond motifs is 1. The standard InChI is InChI=1S/C18H13F3N2O4S/c19-18(20,21)9-24-13-3-1-2-11(6-13)8-28-17-23-22-16(27-17)12-4-5-14-15(7-12)26-10-25-14/h1-7H,8-10H2. The number of hydrogen-bond donors (Lipinski definition) is 0. The Hall–Kier alpha value is -2.88. The molecule has 2 aromatic carbocycles. The van der Waals surface area contributed by atoms with E-state index in [0.29, 0.717) is 33.9 Å². The molecule has 0 atom stereocenters. The number of ether oxygens (including phenoxy) is 3. The summed E-state index contributed by atoms with van der Waals surface area (Å²) < 4.78 is 57.7. The summed E-state index contributed by atoms with van der Waals surface area (Å²) in [5.74, 6) is 2.20. The minimum atomic E-state index is -4.38. The lowest BCUT2D eigenvalue weighted by molar-refractivity contribution is -0.153. The average Bonchev–Trinajstić information content (AvgIpc) is 3.33. The topological polar surface area (TPSA) is 66.6 Å². The molecule has 28 heavy (non-hydrogen) atoms. The molecule has 10 heteroatoms. The summed E-state index contributed by atoms with van der Waals surface area (Å²) >= 11 is 1.27. The van der Waals surface area contributed by atoms with Gasteiger partial charge in [0.2, 0.25) is 12.7 Å². The zero-order chi connectivity index (χ0) is 19.6. The number of rotatable bonds is 6. The first-order valence-electron chi connectivity index (χ1n) is 8.11. The van der Waals surface area contributed by atoms with Gasteiger partial charge in [0.1, 0.15) is 5.75 Å². The van der Waals surface area contributed by atoms with E-state index in [-0.39, 0.29) is 12.5 Å². The zero-order valence-electron chi connectivity index (χ0n) is 14.2. The maximum Gasteiger partial charge on any atom is 0.422 e. The van der Waals surface area contributed by atoms with Crippen LogP contribution < -0.4 is 14.2 Å². The quantitative estimate of drug-likeness (QED) is 0.546. The molecule has 0 fully saturated rings. The number of benzene rings is 2. The highest BCUT2D eigenvalue weighted by atomic mass is 32.2. The van der Waals surface area contributed by atoms with Crippen LogP contribution >= 0.6 is 11.8 Å². The fourth-order valence-corrected chi connectivity index (χ4v) is 3.16. The predicted molar refractivity (Wildman–Crippen MR) is 93.4 cm³/mol. The second-order valence-electron chi connectivity index (χ2n) is 5.78. The Morgan fingerprint density at radius 1 is 1.04 bits per heavy atom. The molecule has 0 N–H and O–H groups in total. The van der Waals surface area contributed by atoms with E-state index in [1.54, 1.807) is 36.4 Å². The molecule has 0 radical (unpaired) electrons. The number of alkyl halides is 3. The lowest BCUT2D eigenvalue weighted by Crippen LogP contribution is -2.19. The summed E-state index contributed by atoms with van der Waals surface area (Å²) in [7, 11) is 0. The van der Waals surface area contributed by atoms with Crippen LogP contribution in [0, 0.1) is 0 Å². The highest BCUT2D eigenvalue weighted by Crippen LogP contribution is 2.36. The lowest BCUT2D eigenvalue weighted by atomic mass is 10.2. The van der Waals surface area contributed by atoms with E-state index in [9.17, 15) is 13.2 Å². The molecule has 1 aliphatic rings. The van der Waals surface area contributed by atoms with Crippen LogP contribution in [0.5, 0.6) is 17.2 Å². The minimum absolute atomic E-state index is 0.155. The predicted octanol–water partition coefficient (Wildman–Crippen LogP) is 4.70. The Labute approximate surface area is 161 Å². The molecule has 2 heterocycles. The van der Waals surface area contributed by atoms with Crippen LogP contribution in [-0.2, 0) is 5.75 Å². The Bertz CT molecular complexity index is 977. The Morgan fingerprint density at radius 3 is 2.75 bits per heavy atom. The van der Waals surface area contributed by atoms with Gasteiger partial charge in [0.15, 0.2) is 18.1 Å². The number of thioether (sulfide) groups is 1. The first-order chi connectivity index (χ1) is 13.5. The highest BCUT2D eigenvalue weighted by molar-refractivity contribution is 7.98. The second-order valence-corrected chi connectivity index (χ2v) is 6.71. The molecule has 1 aromatic heterocycles. The number of halogens is 3. The van der Waals surface area contributed by atoms with E-state index < -0.39 is 12.8 Å². The maximum absolute atomic E-state index is 12.3. The van der Waals surface area contributed by atoms with Crippen LogP contribution in [0.2, 0.25) is 0 Å². The van der Waals surface area contributed by atoms with E-state index in [2.05, 4.69) is 10.2 Å². The summed E-state index contributed by atoms with van der Waals surface area (Å²) in [6.45, 7) is -1.15. The normalized spacial score (nSPS) is 13.0. The van der Waals surface area contributed by atoms with E-state index in [4.69, 9.17) is 18.6 Å². The van der Waals surface area contributed by atoms with E-state index in [1.807, 2.05) is 0 Å². The van der Waals surface area contributed by atoms with Crippen molar-refractivity contribution in [3.8, 4) is 28.7 Å². The van der Waals surface area contributed by atoms with Gasteiger partial charge >= 0.3 is 6.18 Å². The van der Waals surface area contributed by atoms with Crippen LogP contribution in [0.3, 0.4) is 0 Å². The summed E-state index contributed by atoms with van der Waals surface area (Å²) in [5, 5.41) is 8.34. The van der Waals surface area contributed by atoms with Crippen molar-refractivity contribution in [1.82, 2.24) is 10.2 Å². The van der Waals surface area contributed by atoms with Gasteiger partial charge in [-0.05, 0) is 35.9 Å². The van der Waals surface area contributed by atoms with E-state index in [1.165, 1.54) is 17.8 Å². The second kappa shape index (κ2) is 7.63. The number of hydrogen-bond acceptors (Lipinski definition) is 7. The van der Waals surface area contributed by atoms with Gasteiger partial charge in [-0.15, -0.1) is 10.2 Å². The molecule has 0 aliphatic carbocycles. The number of nitrogens with zero attached hydrogens (tertiary/aromatic N) is 2.